The first-order valence-electron chi connectivity index (χ1n) is 11.5. The molecule has 168 valence electrons. The van der Waals surface area contributed by atoms with Gasteiger partial charge in [-0.15, -0.1) is 0 Å². The van der Waals surface area contributed by atoms with Crippen molar-refractivity contribution in [2.24, 2.45) is 0 Å². The fourth-order valence-electron chi connectivity index (χ4n) is 4.49. The smallest absolute Gasteiger partial charge is 0.235 e. The number of hydrogen-bond donors (Lipinski definition) is 0. The molecule has 0 saturated carbocycles. The van der Waals surface area contributed by atoms with Crippen molar-refractivity contribution in [3.8, 4) is 6.07 Å². The molecule has 0 aliphatic carbocycles. The number of hydrogen-bond acceptors (Lipinski definition) is 5. The topological polar surface area (TPSA) is 56.3 Å². The molecular formula is C29H26N4O. The van der Waals surface area contributed by atoms with Crippen LogP contribution in [0.4, 0.5) is 5.88 Å². The van der Waals surface area contributed by atoms with Crippen molar-refractivity contribution >= 4 is 18.0 Å². The molecule has 5 nitrogen and oxygen atoms in total. The highest BCUT2D eigenvalue weighted by molar-refractivity contribution is 5.67. The van der Waals surface area contributed by atoms with E-state index in [2.05, 4.69) is 81.5 Å². The van der Waals surface area contributed by atoms with E-state index in [1.807, 2.05) is 42.5 Å². The van der Waals surface area contributed by atoms with Gasteiger partial charge in [-0.2, -0.15) is 10.2 Å². The van der Waals surface area contributed by atoms with Gasteiger partial charge in [-0.25, -0.2) is 0 Å². The van der Waals surface area contributed by atoms with Gasteiger partial charge in [-0.3, -0.25) is 4.90 Å². The highest BCUT2D eigenvalue weighted by Crippen LogP contribution is 2.31. The van der Waals surface area contributed by atoms with Gasteiger partial charge in [-0.1, -0.05) is 91.0 Å². The summed E-state index contributed by atoms with van der Waals surface area (Å²) in [6, 6.07) is 33.7. The molecule has 0 atom stereocenters. The molecule has 0 N–H and O–H groups in total. The molecule has 0 bridgehead atoms. The van der Waals surface area contributed by atoms with Crippen molar-refractivity contribution in [1.82, 2.24) is 9.88 Å². The second kappa shape index (κ2) is 10.2. The standard InChI is InChI=1S/C29H26N4O/c30-22-26-29(34-27(31-26)17-16-23-10-4-1-5-11-23)33-20-18-32(19-21-33)28(24-12-6-2-7-13-24)25-14-8-3-9-15-25/h1-17,28H,18-21H2. The average molecular weight is 447 g/mol. The minimum Gasteiger partial charge on any atom is -0.420 e. The van der Waals surface area contributed by atoms with Gasteiger partial charge >= 0.3 is 0 Å². The number of piperazine rings is 1. The van der Waals surface area contributed by atoms with Crippen LogP contribution in [0.15, 0.2) is 95.4 Å². The third kappa shape index (κ3) is 4.78. The van der Waals surface area contributed by atoms with E-state index in [4.69, 9.17) is 4.42 Å². The molecule has 0 unspecified atom stereocenters. The summed E-state index contributed by atoms with van der Waals surface area (Å²) in [5, 5.41) is 9.65. The molecule has 5 rings (SSSR count). The van der Waals surface area contributed by atoms with Gasteiger partial charge in [0.2, 0.25) is 17.5 Å². The Labute approximate surface area is 200 Å². The van der Waals surface area contributed by atoms with Gasteiger partial charge in [0.1, 0.15) is 6.07 Å². The summed E-state index contributed by atoms with van der Waals surface area (Å²) >= 11 is 0. The van der Waals surface area contributed by atoms with Gasteiger partial charge in [-0.05, 0) is 22.8 Å². The summed E-state index contributed by atoms with van der Waals surface area (Å²) in [5.41, 5.74) is 3.96. The van der Waals surface area contributed by atoms with Crippen LogP contribution >= 0.6 is 0 Å². The Bertz CT molecular complexity index is 1230. The van der Waals surface area contributed by atoms with Crippen molar-refractivity contribution < 1.29 is 4.42 Å². The lowest BCUT2D eigenvalue weighted by Gasteiger charge is -2.39. The van der Waals surface area contributed by atoms with Crippen LogP contribution in [-0.4, -0.2) is 36.1 Å². The maximum Gasteiger partial charge on any atom is 0.235 e. The highest BCUT2D eigenvalue weighted by Gasteiger charge is 2.29. The Morgan fingerprint density at radius 1 is 0.765 bits per heavy atom. The molecule has 0 amide bonds. The quantitative estimate of drug-likeness (QED) is 0.384. The predicted molar refractivity (Wildman–Crippen MR) is 135 cm³/mol. The van der Waals surface area contributed by atoms with E-state index in [1.54, 1.807) is 0 Å². The first-order chi connectivity index (χ1) is 16.8. The summed E-state index contributed by atoms with van der Waals surface area (Å²) in [7, 11) is 0. The van der Waals surface area contributed by atoms with Crippen LogP contribution in [-0.2, 0) is 0 Å². The minimum absolute atomic E-state index is 0.194. The first kappa shape index (κ1) is 21.7. The third-order valence-corrected chi connectivity index (χ3v) is 6.15. The van der Waals surface area contributed by atoms with Crippen LogP contribution in [0, 0.1) is 11.3 Å². The molecule has 1 saturated heterocycles. The van der Waals surface area contributed by atoms with E-state index < -0.39 is 0 Å². The van der Waals surface area contributed by atoms with E-state index in [1.165, 1.54) is 11.1 Å². The van der Waals surface area contributed by atoms with Crippen LogP contribution in [0.2, 0.25) is 0 Å². The Morgan fingerprint density at radius 3 is 1.88 bits per heavy atom. The number of benzene rings is 3. The largest absolute Gasteiger partial charge is 0.420 e. The zero-order valence-electron chi connectivity index (χ0n) is 18.9. The SMILES string of the molecule is N#Cc1nc(C=Cc2ccccc2)oc1N1CCN(C(c2ccccc2)c2ccccc2)CC1. The maximum atomic E-state index is 9.65. The second-order valence-electron chi connectivity index (χ2n) is 8.31. The molecule has 1 aliphatic heterocycles. The third-order valence-electron chi connectivity index (χ3n) is 6.15. The zero-order valence-corrected chi connectivity index (χ0v) is 18.9. The molecule has 3 aromatic carbocycles. The summed E-state index contributed by atoms with van der Waals surface area (Å²) in [6.45, 7) is 3.24. The van der Waals surface area contributed by atoms with E-state index in [0.29, 0.717) is 17.5 Å². The van der Waals surface area contributed by atoms with Crippen LogP contribution in [0.25, 0.3) is 12.2 Å². The van der Waals surface area contributed by atoms with E-state index in [9.17, 15) is 5.26 Å². The molecule has 1 aromatic heterocycles. The van der Waals surface area contributed by atoms with Gasteiger partial charge in [0, 0.05) is 32.3 Å². The molecule has 1 fully saturated rings. The summed E-state index contributed by atoms with van der Waals surface area (Å²) < 4.78 is 6.02. The minimum atomic E-state index is 0.194. The highest BCUT2D eigenvalue weighted by atomic mass is 16.4. The summed E-state index contributed by atoms with van der Waals surface area (Å²) in [4.78, 5) is 9.03. The summed E-state index contributed by atoms with van der Waals surface area (Å²) in [5.74, 6) is 1.01. The molecule has 4 aromatic rings. The molecule has 0 radical (unpaired) electrons. The number of rotatable bonds is 6. The molecule has 34 heavy (non-hydrogen) atoms. The van der Waals surface area contributed by atoms with Gasteiger partial charge in [0.25, 0.3) is 0 Å². The fourth-order valence-corrected chi connectivity index (χ4v) is 4.49. The van der Waals surface area contributed by atoms with Crippen LogP contribution in [0.3, 0.4) is 0 Å². The number of oxazole rings is 1. The molecule has 0 spiro atoms. The van der Waals surface area contributed by atoms with E-state index >= 15 is 0 Å². The van der Waals surface area contributed by atoms with Gasteiger partial charge < -0.3 is 9.32 Å². The second-order valence-corrected chi connectivity index (χ2v) is 8.31. The Balaban J connectivity index is 1.33. The van der Waals surface area contributed by atoms with Crippen molar-refractivity contribution in [1.29, 1.82) is 5.26 Å². The summed E-state index contributed by atoms with van der Waals surface area (Å²) in [6.07, 6.45) is 3.76. The van der Waals surface area contributed by atoms with Gasteiger partial charge in [0.05, 0.1) is 6.04 Å². The lowest BCUT2D eigenvalue weighted by atomic mass is 9.96. The first-order valence-corrected chi connectivity index (χ1v) is 11.5. The monoisotopic (exact) mass is 446 g/mol. The lowest BCUT2D eigenvalue weighted by molar-refractivity contribution is 0.209. The Hall–Kier alpha value is -4.14. The van der Waals surface area contributed by atoms with Crippen LogP contribution in [0.5, 0.6) is 0 Å². The van der Waals surface area contributed by atoms with Gasteiger partial charge in [0.15, 0.2) is 0 Å². The van der Waals surface area contributed by atoms with E-state index in [0.717, 1.165) is 31.7 Å². The predicted octanol–water partition coefficient (Wildman–Crippen LogP) is 5.63. The van der Waals surface area contributed by atoms with E-state index in [-0.39, 0.29) is 6.04 Å². The fraction of sp³-hybridized carbons (Fsp3) is 0.172. The Morgan fingerprint density at radius 2 is 1.32 bits per heavy atom. The van der Waals surface area contributed by atoms with Crippen LogP contribution in [0.1, 0.15) is 34.3 Å². The number of aromatic nitrogens is 1. The Kier molecular flexibility index (Phi) is 6.51. The molecule has 2 heterocycles. The van der Waals surface area contributed by atoms with Crippen LogP contribution < -0.4 is 4.90 Å². The number of anilines is 1. The molecular weight excluding hydrogens is 420 g/mol. The number of nitrogens with zero attached hydrogens (tertiary/aromatic N) is 4. The zero-order chi connectivity index (χ0) is 23.2. The van der Waals surface area contributed by atoms with Crippen molar-refractivity contribution in [2.45, 2.75) is 6.04 Å². The molecule has 5 heteroatoms. The number of nitriles is 1. The lowest BCUT2D eigenvalue weighted by Crippen LogP contribution is -2.48. The van der Waals surface area contributed by atoms with Crippen molar-refractivity contribution in [3.05, 3.63) is 119 Å². The maximum absolute atomic E-state index is 9.65. The van der Waals surface area contributed by atoms with Crippen molar-refractivity contribution in [3.63, 3.8) is 0 Å². The average Bonchev–Trinajstić information content (AvgIpc) is 3.33. The molecule has 1 aliphatic rings. The normalized spacial score (nSPS) is 14.5. The van der Waals surface area contributed by atoms with Crippen molar-refractivity contribution in [2.75, 3.05) is 31.1 Å².